The number of hydrogen-bond acceptors (Lipinski definition) is 4. The van der Waals surface area contributed by atoms with Crippen molar-refractivity contribution in [3.05, 3.63) is 23.9 Å². The zero-order chi connectivity index (χ0) is 14.3. The second-order valence-electron chi connectivity index (χ2n) is 5.78. The number of likely N-dealkylation sites (tertiary alicyclic amines) is 1. The zero-order valence-corrected chi connectivity index (χ0v) is 11.6. The molecule has 2 heterocycles. The maximum Gasteiger partial charge on any atom is 0.233 e. The fourth-order valence-corrected chi connectivity index (χ4v) is 3.44. The van der Waals surface area contributed by atoms with E-state index in [0.717, 1.165) is 19.3 Å². The highest BCUT2D eigenvalue weighted by atomic mass is 16.2. The van der Waals surface area contributed by atoms with Gasteiger partial charge in [-0.25, -0.2) is 4.98 Å². The molecule has 1 aromatic rings. The Morgan fingerprint density at radius 1 is 1.25 bits per heavy atom. The molecule has 0 spiro atoms. The van der Waals surface area contributed by atoms with E-state index in [1.165, 1.54) is 4.90 Å². The van der Waals surface area contributed by atoms with Crippen LogP contribution in [0, 0.1) is 17.8 Å². The summed E-state index contributed by atoms with van der Waals surface area (Å²) in [5.41, 5.74) is 6.30. The maximum absolute atomic E-state index is 12.4. The molecule has 3 rings (SSSR count). The van der Waals surface area contributed by atoms with Crippen LogP contribution in [0.25, 0.3) is 0 Å². The van der Waals surface area contributed by atoms with Gasteiger partial charge in [-0.2, -0.15) is 0 Å². The van der Waals surface area contributed by atoms with Gasteiger partial charge in [0.15, 0.2) is 0 Å². The van der Waals surface area contributed by atoms with Crippen LogP contribution < -0.4 is 5.73 Å². The molecular formula is C15H19N3O2. The molecule has 2 amide bonds. The lowest BCUT2D eigenvalue weighted by Crippen LogP contribution is -2.32. The van der Waals surface area contributed by atoms with Crippen molar-refractivity contribution in [3.8, 4) is 0 Å². The summed E-state index contributed by atoms with van der Waals surface area (Å²) in [7, 11) is 0. The number of carbonyl (C=O) groups is 2. The van der Waals surface area contributed by atoms with Crippen molar-refractivity contribution in [2.45, 2.75) is 32.7 Å². The smallest absolute Gasteiger partial charge is 0.233 e. The van der Waals surface area contributed by atoms with Crippen molar-refractivity contribution in [1.82, 2.24) is 9.88 Å². The Balaban J connectivity index is 1.77. The van der Waals surface area contributed by atoms with E-state index < -0.39 is 0 Å². The van der Waals surface area contributed by atoms with Gasteiger partial charge in [0.1, 0.15) is 5.82 Å². The Hall–Kier alpha value is -1.91. The van der Waals surface area contributed by atoms with E-state index in [4.69, 9.17) is 5.73 Å². The minimum absolute atomic E-state index is 0.0276. The van der Waals surface area contributed by atoms with Crippen LogP contribution in [0.2, 0.25) is 0 Å². The number of nitrogen functional groups attached to an aromatic ring is 1. The second kappa shape index (κ2) is 4.89. The van der Waals surface area contributed by atoms with Gasteiger partial charge in [-0.15, -0.1) is 0 Å². The normalized spacial score (nSPS) is 29.1. The fourth-order valence-electron chi connectivity index (χ4n) is 3.44. The lowest BCUT2D eigenvalue weighted by molar-refractivity contribution is -0.141. The van der Waals surface area contributed by atoms with Crippen LogP contribution in [0.1, 0.15) is 31.9 Å². The van der Waals surface area contributed by atoms with Gasteiger partial charge in [0.25, 0.3) is 0 Å². The Morgan fingerprint density at radius 2 is 1.90 bits per heavy atom. The second-order valence-corrected chi connectivity index (χ2v) is 5.78. The van der Waals surface area contributed by atoms with Crippen LogP contribution in [-0.2, 0) is 16.1 Å². The fraction of sp³-hybridized carbons (Fsp3) is 0.533. The van der Waals surface area contributed by atoms with E-state index in [1.54, 1.807) is 18.2 Å². The third kappa shape index (κ3) is 2.07. The molecule has 20 heavy (non-hydrogen) atoms. The quantitative estimate of drug-likeness (QED) is 0.848. The van der Waals surface area contributed by atoms with Crippen molar-refractivity contribution in [3.63, 3.8) is 0 Å². The van der Waals surface area contributed by atoms with Crippen LogP contribution in [0.15, 0.2) is 18.2 Å². The summed E-state index contributed by atoms with van der Waals surface area (Å²) < 4.78 is 0. The highest BCUT2D eigenvalue weighted by Crippen LogP contribution is 2.44. The number of pyridine rings is 1. The van der Waals surface area contributed by atoms with Crippen molar-refractivity contribution in [2.24, 2.45) is 17.8 Å². The highest BCUT2D eigenvalue weighted by molar-refractivity contribution is 6.05. The van der Waals surface area contributed by atoms with Crippen molar-refractivity contribution in [1.29, 1.82) is 0 Å². The Kier molecular flexibility index (Phi) is 3.20. The molecule has 2 atom stereocenters. The Morgan fingerprint density at radius 3 is 2.45 bits per heavy atom. The average molecular weight is 273 g/mol. The summed E-state index contributed by atoms with van der Waals surface area (Å²) in [6.45, 7) is 2.36. The number of imide groups is 1. The number of hydrogen-bond donors (Lipinski definition) is 1. The molecule has 2 aliphatic rings. The van der Waals surface area contributed by atoms with Gasteiger partial charge in [0, 0.05) is 0 Å². The summed E-state index contributed by atoms with van der Waals surface area (Å²) in [6, 6.07) is 5.27. The van der Waals surface area contributed by atoms with Crippen LogP contribution >= 0.6 is 0 Å². The number of amides is 2. The predicted octanol–water partition coefficient (Wildman–Crippen LogP) is 1.58. The van der Waals surface area contributed by atoms with Crippen molar-refractivity contribution in [2.75, 3.05) is 5.73 Å². The first-order chi connectivity index (χ1) is 9.60. The summed E-state index contributed by atoms with van der Waals surface area (Å²) in [5.74, 6) is 0.667. The number of carbonyl (C=O) groups excluding carboxylic acids is 2. The number of rotatable bonds is 3. The van der Waals surface area contributed by atoms with Crippen LogP contribution in [-0.4, -0.2) is 21.7 Å². The molecule has 2 N–H and O–H groups in total. The third-order valence-electron chi connectivity index (χ3n) is 4.55. The van der Waals surface area contributed by atoms with Crippen LogP contribution in [0.5, 0.6) is 0 Å². The van der Waals surface area contributed by atoms with E-state index in [9.17, 15) is 9.59 Å². The van der Waals surface area contributed by atoms with E-state index in [2.05, 4.69) is 11.9 Å². The molecular weight excluding hydrogens is 254 g/mol. The van der Waals surface area contributed by atoms with Gasteiger partial charge in [-0.3, -0.25) is 14.5 Å². The van der Waals surface area contributed by atoms with Crippen molar-refractivity contribution < 1.29 is 9.59 Å². The predicted molar refractivity (Wildman–Crippen MR) is 74.2 cm³/mol. The summed E-state index contributed by atoms with van der Waals surface area (Å²) in [6.07, 6.45) is 2.75. The molecule has 1 saturated carbocycles. The number of nitrogens with two attached hydrogens (primary N) is 1. The number of aromatic nitrogens is 1. The minimum atomic E-state index is -0.103. The SMILES string of the molecule is CCC1CC2C(=O)N(Cc3cccc(N)n3)C(=O)C2C1. The Bertz CT molecular complexity index is 534. The molecule has 0 aromatic carbocycles. The average Bonchev–Trinajstić information content (AvgIpc) is 2.95. The summed E-state index contributed by atoms with van der Waals surface area (Å²) in [5, 5.41) is 0. The largest absolute Gasteiger partial charge is 0.384 e. The first-order valence-electron chi connectivity index (χ1n) is 7.16. The highest BCUT2D eigenvalue weighted by Gasteiger charge is 2.52. The summed E-state index contributed by atoms with van der Waals surface area (Å²) >= 11 is 0. The molecule has 1 saturated heterocycles. The van der Waals surface area contributed by atoms with Gasteiger partial charge in [0.05, 0.1) is 24.1 Å². The van der Waals surface area contributed by atoms with E-state index >= 15 is 0 Å². The molecule has 2 fully saturated rings. The van der Waals surface area contributed by atoms with Crippen LogP contribution in [0.3, 0.4) is 0 Å². The zero-order valence-electron chi connectivity index (χ0n) is 11.6. The molecule has 1 aliphatic carbocycles. The van der Waals surface area contributed by atoms with Gasteiger partial charge >= 0.3 is 0 Å². The molecule has 0 bridgehead atoms. The third-order valence-corrected chi connectivity index (χ3v) is 4.55. The molecule has 1 aromatic heterocycles. The van der Waals surface area contributed by atoms with Gasteiger partial charge in [0.2, 0.25) is 11.8 Å². The standard InChI is InChI=1S/C15H19N3O2/c1-2-9-6-11-12(7-9)15(20)18(14(11)19)8-10-4-3-5-13(16)17-10/h3-5,9,11-12H,2,6-8H2,1H3,(H2,16,17). The molecule has 1 aliphatic heterocycles. The van der Waals surface area contributed by atoms with E-state index in [-0.39, 0.29) is 30.2 Å². The molecule has 0 radical (unpaired) electrons. The van der Waals surface area contributed by atoms with Gasteiger partial charge in [-0.05, 0) is 30.9 Å². The lowest BCUT2D eigenvalue weighted by Gasteiger charge is -2.17. The maximum atomic E-state index is 12.4. The number of nitrogens with zero attached hydrogens (tertiary/aromatic N) is 2. The first-order valence-corrected chi connectivity index (χ1v) is 7.16. The molecule has 106 valence electrons. The lowest BCUT2D eigenvalue weighted by atomic mass is 10.00. The monoisotopic (exact) mass is 273 g/mol. The van der Waals surface area contributed by atoms with Gasteiger partial charge in [-0.1, -0.05) is 19.4 Å². The van der Waals surface area contributed by atoms with Crippen LogP contribution in [0.4, 0.5) is 5.82 Å². The van der Waals surface area contributed by atoms with Gasteiger partial charge < -0.3 is 5.73 Å². The van der Waals surface area contributed by atoms with E-state index in [0.29, 0.717) is 17.4 Å². The minimum Gasteiger partial charge on any atom is -0.384 e. The molecule has 5 heteroatoms. The number of anilines is 1. The summed E-state index contributed by atoms with van der Waals surface area (Å²) in [4.78, 5) is 30.3. The first kappa shape index (κ1) is 13.1. The Labute approximate surface area is 118 Å². The van der Waals surface area contributed by atoms with Crippen molar-refractivity contribution >= 4 is 17.6 Å². The molecule has 5 nitrogen and oxygen atoms in total. The number of fused-ring (bicyclic) bond motifs is 1. The molecule has 2 unspecified atom stereocenters. The topological polar surface area (TPSA) is 76.3 Å². The van der Waals surface area contributed by atoms with E-state index in [1.807, 2.05) is 0 Å².